The molecule has 3 heteroatoms. The lowest BCUT2D eigenvalue weighted by molar-refractivity contribution is 0.635. The highest BCUT2D eigenvalue weighted by Crippen LogP contribution is 2.14. The van der Waals surface area contributed by atoms with E-state index in [9.17, 15) is 0 Å². The third-order valence-electron chi connectivity index (χ3n) is 3.69. The molecule has 0 spiro atoms. The molecule has 0 radical (unpaired) electrons. The second-order valence-electron chi connectivity index (χ2n) is 5.23. The first-order chi connectivity index (χ1) is 9.76. The van der Waals surface area contributed by atoms with Crippen molar-refractivity contribution >= 4 is 0 Å². The SMILES string of the molecule is CCCNCc1cnn(Cc2ccccc2C)c1CC. The fourth-order valence-electron chi connectivity index (χ4n) is 2.49. The van der Waals surface area contributed by atoms with E-state index in [0.29, 0.717) is 0 Å². The number of nitrogens with one attached hydrogen (secondary N) is 1. The predicted molar refractivity (Wildman–Crippen MR) is 83.9 cm³/mol. The number of hydrogen-bond donors (Lipinski definition) is 1. The van der Waals surface area contributed by atoms with Crippen molar-refractivity contribution in [3.8, 4) is 0 Å². The van der Waals surface area contributed by atoms with E-state index in [1.807, 2.05) is 6.20 Å². The van der Waals surface area contributed by atoms with Gasteiger partial charge in [-0.1, -0.05) is 38.1 Å². The average Bonchev–Trinajstić information content (AvgIpc) is 2.84. The van der Waals surface area contributed by atoms with E-state index in [0.717, 1.165) is 26.1 Å². The first-order valence-corrected chi connectivity index (χ1v) is 7.55. The molecule has 1 heterocycles. The van der Waals surface area contributed by atoms with Gasteiger partial charge < -0.3 is 5.32 Å². The molecule has 2 rings (SSSR count). The first kappa shape index (κ1) is 14.8. The normalized spacial score (nSPS) is 10.9. The summed E-state index contributed by atoms with van der Waals surface area (Å²) in [6.07, 6.45) is 4.20. The minimum Gasteiger partial charge on any atom is -0.313 e. The summed E-state index contributed by atoms with van der Waals surface area (Å²) in [6, 6.07) is 8.53. The number of aryl methyl sites for hydroxylation is 1. The molecule has 20 heavy (non-hydrogen) atoms. The second kappa shape index (κ2) is 7.25. The predicted octanol–water partition coefficient (Wildman–Crippen LogP) is 3.30. The van der Waals surface area contributed by atoms with Crippen LogP contribution >= 0.6 is 0 Å². The Kier molecular flexibility index (Phi) is 5.36. The van der Waals surface area contributed by atoms with Crippen LogP contribution in [0.2, 0.25) is 0 Å². The van der Waals surface area contributed by atoms with Crippen LogP contribution < -0.4 is 5.32 Å². The number of benzene rings is 1. The Morgan fingerprint density at radius 1 is 1.15 bits per heavy atom. The highest BCUT2D eigenvalue weighted by Gasteiger charge is 2.09. The average molecular weight is 271 g/mol. The zero-order valence-electron chi connectivity index (χ0n) is 12.8. The van der Waals surface area contributed by atoms with Crippen molar-refractivity contribution in [2.75, 3.05) is 6.54 Å². The van der Waals surface area contributed by atoms with E-state index < -0.39 is 0 Å². The van der Waals surface area contributed by atoms with Crippen LogP contribution in [-0.4, -0.2) is 16.3 Å². The minimum atomic E-state index is 0.865. The standard InChI is InChI=1S/C17H25N3/c1-4-10-18-11-16-12-19-20(17(16)5-2)13-15-9-7-6-8-14(15)3/h6-9,12,18H,4-5,10-11,13H2,1-3H3. The summed E-state index contributed by atoms with van der Waals surface area (Å²) in [5.74, 6) is 0. The monoisotopic (exact) mass is 271 g/mol. The van der Waals surface area contributed by atoms with Crippen LogP contribution in [0.4, 0.5) is 0 Å². The van der Waals surface area contributed by atoms with E-state index in [4.69, 9.17) is 0 Å². The molecule has 0 aliphatic heterocycles. The summed E-state index contributed by atoms with van der Waals surface area (Å²) in [5, 5.41) is 8.04. The van der Waals surface area contributed by atoms with Gasteiger partial charge in [0.15, 0.2) is 0 Å². The van der Waals surface area contributed by atoms with Gasteiger partial charge in [-0.15, -0.1) is 0 Å². The first-order valence-electron chi connectivity index (χ1n) is 7.55. The van der Waals surface area contributed by atoms with E-state index >= 15 is 0 Å². The van der Waals surface area contributed by atoms with Crippen molar-refractivity contribution in [2.24, 2.45) is 0 Å². The number of hydrogen-bond acceptors (Lipinski definition) is 2. The smallest absolute Gasteiger partial charge is 0.0665 e. The van der Waals surface area contributed by atoms with E-state index in [1.165, 1.54) is 28.8 Å². The van der Waals surface area contributed by atoms with Crippen molar-refractivity contribution < 1.29 is 0 Å². The third kappa shape index (κ3) is 3.48. The molecule has 0 aliphatic rings. The molecule has 0 bridgehead atoms. The molecule has 108 valence electrons. The number of nitrogens with zero attached hydrogens (tertiary/aromatic N) is 2. The molecule has 1 aromatic carbocycles. The molecule has 0 atom stereocenters. The highest BCUT2D eigenvalue weighted by molar-refractivity contribution is 5.27. The largest absolute Gasteiger partial charge is 0.313 e. The number of aromatic nitrogens is 2. The summed E-state index contributed by atoms with van der Waals surface area (Å²) < 4.78 is 2.14. The summed E-state index contributed by atoms with van der Waals surface area (Å²) in [4.78, 5) is 0. The van der Waals surface area contributed by atoms with E-state index in [1.54, 1.807) is 0 Å². The molecule has 3 nitrogen and oxygen atoms in total. The number of rotatable bonds is 7. The molecule has 1 N–H and O–H groups in total. The van der Waals surface area contributed by atoms with Gasteiger partial charge in [-0.05, 0) is 37.4 Å². The molecule has 2 aromatic rings. The van der Waals surface area contributed by atoms with Gasteiger partial charge in [-0.25, -0.2) is 0 Å². The fraction of sp³-hybridized carbons (Fsp3) is 0.471. The molecule has 0 fully saturated rings. The minimum absolute atomic E-state index is 0.865. The Hall–Kier alpha value is -1.61. The van der Waals surface area contributed by atoms with Gasteiger partial charge in [0, 0.05) is 17.8 Å². The summed E-state index contributed by atoms with van der Waals surface area (Å²) in [6.45, 7) is 9.40. The molecule has 0 saturated heterocycles. The summed E-state index contributed by atoms with van der Waals surface area (Å²) in [5.41, 5.74) is 5.35. The van der Waals surface area contributed by atoms with Gasteiger partial charge in [0.1, 0.15) is 0 Å². The lowest BCUT2D eigenvalue weighted by Gasteiger charge is -2.10. The van der Waals surface area contributed by atoms with Crippen LogP contribution in [0, 0.1) is 6.92 Å². The van der Waals surface area contributed by atoms with Crippen LogP contribution in [0.15, 0.2) is 30.5 Å². The topological polar surface area (TPSA) is 29.9 Å². The van der Waals surface area contributed by atoms with Crippen LogP contribution in [-0.2, 0) is 19.5 Å². The van der Waals surface area contributed by atoms with Gasteiger partial charge in [-0.3, -0.25) is 4.68 Å². The molecular weight excluding hydrogens is 246 g/mol. The molecular formula is C17H25N3. The summed E-state index contributed by atoms with van der Waals surface area (Å²) in [7, 11) is 0. The Bertz CT molecular complexity index is 543. The van der Waals surface area contributed by atoms with Gasteiger partial charge in [0.05, 0.1) is 12.7 Å². The van der Waals surface area contributed by atoms with Crippen molar-refractivity contribution in [1.82, 2.24) is 15.1 Å². The Morgan fingerprint density at radius 3 is 2.65 bits per heavy atom. The van der Waals surface area contributed by atoms with Crippen LogP contribution in [0.1, 0.15) is 42.7 Å². The van der Waals surface area contributed by atoms with Crippen molar-refractivity contribution in [2.45, 2.75) is 46.7 Å². The zero-order valence-corrected chi connectivity index (χ0v) is 12.8. The maximum Gasteiger partial charge on any atom is 0.0665 e. The maximum atomic E-state index is 4.58. The molecule has 0 unspecified atom stereocenters. The zero-order chi connectivity index (χ0) is 14.4. The molecule has 1 aromatic heterocycles. The Morgan fingerprint density at radius 2 is 1.95 bits per heavy atom. The van der Waals surface area contributed by atoms with Crippen molar-refractivity contribution in [1.29, 1.82) is 0 Å². The van der Waals surface area contributed by atoms with Crippen LogP contribution in [0.3, 0.4) is 0 Å². The van der Waals surface area contributed by atoms with Crippen LogP contribution in [0.25, 0.3) is 0 Å². The van der Waals surface area contributed by atoms with Gasteiger partial charge in [0.25, 0.3) is 0 Å². The quantitative estimate of drug-likeness (QED) is 0.783. The van der Waals surface area contributed by atoms with E-state index in [-0.39, 0.29) is 0 Å². The Balaban J connectivity index is 2.14. The van der Waals surface area contributed by atoms with Gasteiger partial charge in [0.2, 0.25) is 0 Å². The molecule has 0 saturated carbocycles. The van der Waals surface area contributed by atoms with Crippen molar-refractivity contribution in [3.05, 3.63) is 52.8 Å². The van der Waals surface area contributed by atoms with Crippen molar-refractivity contribution in [3.63, 3.8) is 0 Å². The fourth-order valence-corrected chi connectivity index (χ4v) is 2.49. The maximum absolute atomic E-state index is 4.58. The van der Waals surface area contributed by atoms with E-state index in [2.05, 4.69) is 60.1 Å². The second-order valence-corrected chi connectivity index (χ2v) is 5.23. The third-order valence-corrected chi connectivity index (χ3v) is 3.69. The molecule has 0 amide bonds. The lowest BCUT2D eigenvalue weighted by atomic mass is 10.1. The highest BCUT2D eigenvalue weighted by atomic mass is 15.3. The molecule has 0 aliphatic carbocycles. The van der Waals surface area contributed by atoms with Crippen LogP contribution in [0.5, 0.6) is 0 Å². The lowest BCUT2D eigenvalue weighted by Crippen LogP contribution is -2.15. The van der Waals surface area contributed by atoms with Gasteiger partial charge in [-0.2, -0.15) is 5.10 Å². The Labute approximate surface area is 122 Å². The van der Waals surface area contributed by atoms with Gasteiger partial charge >= 0.3 is 0 Å². The summed E-state index contributed by atoms with van der Waals surface area (Å²) >= 11 is 0.